The van der Waals surface area contributed by atoms with Crippen molar-refractivity contribution in [3.05, 3.63) is 69.0 Å². The summed E-state index contributed by atoms with van der Waals surface area (Å²) < 4.78 is -1.23. The van der Waals surface area contributed by atoms with Crippen LogP contribution in [0.4, 0.5) is 11.4 Å². The highest BCUT2D eigenvalue weighted by Gasteiger charge is 2.49. The van der Waals surface area contributed by atoms with E-state index < -0.39 is 4.58 Å². The third kappa shape index (κ3) is 3.13. The van der Waals surface area contributed by atoms with Gasteiger partial charge in [-0.2, -0.15) is 0 Å². The maximum atomic E-state index is 7.10. The number of halogens is 2. The number of benzene rings is 2. The minimum atomic E-state index is -1.23. The second kappa shape index (κ2) is 6.76. The zero-order valence-corrected chi connectivity index (χ0v) is 19.0. The number of hydrogen-bond acceptors (Lipinski definition) is 2. The summed E-state index contributed by atoms with van der Waals surface area (Å²) in [5.74, 6) is 0. The van der Waals surface area contributed by atoms with E-state index in [1.807, 2.05) is 0 Å². The quantitative estimate of drug-likeness (QED) is 0.386. The summed E-state index contributed by atoms with van der Waals surface area (Å²) in [7, 11) is 0. The molecular weight excluding hydrogens is 375 g/mol. The van der Waals surface area contributed by atoms with E-state index in [4.69, 9.17) is 23.2 Å². The third-order valence-corrected chi connectivity index (χ3v) is 6.13. The Bertz CT molecular complexity index is 835. The van der Waals surface area contributed by atoms with Crippen LogP contribution in [-0.2, 0) is 0 Å². The van der Waals surface area contributed by atoms with Gasteiger partial charge in [0.1, 0.15) is 0 Å². The maximum Gasteiger partial charge on any atom is 0.279 e. The van der Waals surface area contributed by atoms with Gasteiger partial charge in [-0.25, -0.2) is 0 Å². The van der Waals surface area contributed by atoms with E-state index in [-0.39, 0.29) is 0 Å². The number of allylic oxidation sites excluding steroid dienone is 2. The summed E-state index contributed by atoms with van der Waals surface area (Å²) in [5.41, 5.74) is 11.4. The smallest absolute Gasteiger partial charge is 0.279 e. The lowest BCUT2D eigenvalue weighted by atomic mass is 10.0. The van der Waals surface area contributed by atoms with Crippen LogP contribution in [0.15, 0.2) is 35.7 Å². The van der Waals surface area contributed by atoms with Crippen molar-refractivity contribution in [2.24, 2.45) is 0 Å². The molecule has 0 amide bonds. The molecule has 0 saturated heterocycles. The van der Waals surface area contributed by atoms with Crippen LogP contribution in [0.5, 0.6) is 0 Å². The van der Waals surface area contributed by atoms with Crippen molar-refractivity contribution in [1.29, 1.82) is 0 Å². The number of rotatable bonds is 2. The molecule has 0 unspecified atom stereocenters. The molecule has 0 fully saturated rings. The minimum Gasteiger partial charge on any atom is -0.294 e. The van der Waals surface area contributed by atoms with Gasteiger partial charge in [-0.1, -0.05) is 58.6 Å². The molecule has 1 aliphatic rings. The van der Waals surface area contributed by atoms with E-state index in [1.54, 1.807) is 0 Å². The second-order valence-corrected chi connectivity index (χ2v) is 9.09. The predicted molar refractivity (Wildman–Crippen MR) is 119 cm³/mol. The van der Waals surface area contributed by atoms with E-state index >= 15 is 0 Å². The number of hydrogen-bond donors (Lipinski definition) is 0. The molecule has 0 saturated carbocycles. The molecule has 3 rings (SSSR count). The Kier molecular flexibility index (Phi) is 5.03. The van der Waals surface area contributed by atoms with Crippen LogP contribution in [0.2, 0.25) is 0 Å². The van der Waals surface area contributed by atoms with Crippen molar-refractivity contribution in [2.45, 2.75) is 60.0 Å². The lowest BCUT2D eigenvalue weighted by molar-refractivity contribution is 0.786. The van der Waals surface area contributed by atoms with E-state index in [1.165, 1.54) is 33.4 Å². The highest BCUT2D eigenvalue weighted by Crippen LogP contribution is 2.51. The Hall–Kier alpha value is -1.64. The van der Waals surface area contributed by atoms with Gasteiger partial charge in [-0.3, -0.25) is 9.80 Å². The van der Waals surface area contributed by atoms with Gasteiger partial charge in [-0.15, -0.1) is 0 Å². The van der Waals surface area contributed by atoms with Gasteiger partial charge in [0, 0.05) is 11.4 Å². The van der Waals surface area contributed by atoms with E-state index in [0.29, 0.717) is 0 Å². The molecule has 1 heterocycles. The normalized spacial score (nSPS) is 16.5. The first-order valence-electron chi connectivity index (χ1n) is 9.28. The van der Waals surface area contributed by atoms with Gasteiger partial charge in [0.25, 0.3) is 4.58 Å². The molecule has 2 aromatic rings. The molecule has 0 radical (unpaired) electrons. The molecule has 0 bridgehead atoms. The fourth-order valence-corrected chi connectivity index (χ4v) is 5.33. The third-order valence-electron chi connectivity index (χ3n) is 5.45. The molecular formula is C23H28Cl2N2. The first-order valence-corrected chi connectivity index (χ1v) is 10.0. The molecule has 0 atom stereocenters. The molecule has 0 aliphatic carbocycles. The zero-order valence-electron chi connectivity index (χ0n) is 17.5. The summed E-state index contributed by atoms with van der Waals surface area (Å²) in [6, 6.07) is 8.72. The van der Waals surface area contributed by atoms with Gasteiger partial charge in [0.15, 0.2) is 0 Å². The topological polar surface area (TPSA) is 6.48 Å². The Balaban J connectivity index is 2.24. The van der Waals surface area contributed by atoms with E-state index in [0.717, 1.165) is 22.8 Å². The molecule has 1 aliphatic heterocycles. The van der Waals surface area contributed by atoms with Crippen LogP contribution in [0.3, 0.4) is 0 Å². The summed E-state index contributed by atoms with van der Waals surface area (Å²) >= 11 is 14.2. The first-order chi connectivity index (χ1) is 12.5. The largest absolute Gasteiger partial charge is 0.294 e. The van der Waals surface area contributed by atoms with Crippen LogP contribution >= 0.6 is 23.2 Å². The van der Waals surface area contributed by atoms with E-state index in [2.05, 4.69) is 89.5 Å². The Morgan fingerprint density at radius 3 is 1.07 bits per heavy atom. The summed E-state index contributed by atoms with van der Waals surface area (Å²) in [5, 5.41) is 0. The average Bonchev–Trinajstić information content (AvgIpc) is 2.67. The van der Waals surface area contributed by atoms with Gasteiger partial charge >= 0.3 is 0 Å². The number of anilines is 2. The summed E-state index contributed by atoms with van der Waals surface area (Å²) in [6.07, 6.45) is 0. The van der Waals surface area contributed by atoms with Gasteiger partial charge in [0.05, 0.1) is 11.4 Å². The van der Waals surface area contributed by atoms with E-state index in [9.17, 15) is 0 Å². The SMILES string of the molecule is CC1=C(C)N(c2c(C)cc(C)cc2C)C(Cl)(Cl)N1c1c(C)cc(C)cc1C. The Labute approximate surface area is 173 Å². The fraction of sp³-hybridized carbons (Fsp3) is 0.391. The molecule has 2 aromatic carbocycles. The lowest BCUT2D eigenvalue weighted by Crippen LogP contribution is -2.46. The fourth-order valence-electron chi connectivity index (χ4n) is 4.48. The molecule has 4 heteroatoms. The van der Waals surface area contributed by atoms with Crippen LogP contribution in [-0.4, -0.2) is 4.58 Å². The second-order valence-electron chi connectivity index (χ2n) is 7.85. The molecule has 0 aromatic heterocycles. The summed E-state index contributed by atoms with van der Waals surface area (Å²) in [4.78, 5) is 4.13. The lowest BCUT2D eigenvalue weighted by Gasteiger charge is -2.39. The number of aryl methyl sites for hydroxylation is 6. The summed E-state index contributed by atoms with van der Waals surface area (Å²) in [6.45, 7) is 16.9. The molecule has 27 heavy (non-hydrogen) atoms. The minimum absolute atomic E-state index is 1.06. The Morgan fingerprint density at radius 2 is 0.815 bits per heavy atom. The van der Waals surface area contributed by atoms with Gasteiger partial charge in [0.2, 0.25) is 0 Å². The molecule has 0 spiro atoms. The van der Waals surface area contributed by atoms with Crippen molar-refractivity contribution in [3.8, 4) is 0 Å². The average molecular weight is 403 g/mol. The van der Waals surface area contributed by atoms with Crippen LogP contribution in [0.25, 0.3) is 0 Å². The number of nitrogens with zero attached hydrogens (tertiary/aromatic N) is 2. The molecule has 144 valence electrons. The van der Waals surface area contributed by atoms with Crippen LogP contribution in [0, 0.1) is 41.5 Å². The molecule has 0 N–H and O–H groups in total. The molecule has 2 nitrogen and oxygen atoms in total. The standard InChI is InChI=1S/C23H28Cl2N2/c1-13-9-15(3)21(16(4)10-13)26-19(7)20(8)27(23(26,24)25)22-17(5)11-14(2)12-18(22)6/h9-12H,1-8H3. The predicted octanol–water partition coefficient (Wildman–Crippen LogP) is 7.20. The van der Waals surface area contributed by atoms with Crippen molar-refractivity contribution in [1.82, 2.24) is 0 Å². The highest BCUT2D eigenvalue weighted by molar-refractivity contribution is 6.52. The Morgan fingerprint density at radius 1 is 0.556 bits per heavy atom. The monoisotopic (exact) mass is 402 g/mol. The zero-order chi connectivity index (χ0) is 20.3. The van der Waals surface area contributed by atoms with Crippen molar-refractivity contribution >= 4 is 34.6 Å². The van der Waals surface area contributed by atoms with Gasteiger partial charge < -0.3 is 0 Å². The number of alkyl halides is 2. The first kappa shape index (κ1) is 20.1. The maximum absolute atomic E-state index is 7.10. The highest BCUT2D eigenvalue weighted by atomic mass is 35.5. The van der Waals surface area contributed by atoms with Crippen LogP contribution < -0.4 is 9.80 Å². The van der Waals surface area contributed by atoms with Crippen molar-refractivity contribution in [2.75, 3.05) is 9.80 Å². The van der Waals surface area contributed by atoms with Crippen molar-refractivity contribution in [3.63, 3.8) is 0 Å². The van der Waals surface area contributed by atoms with Crippen LogP contribution in [0.1, 0.15) is 47.2 Å². The van der Waals surface area contributed by atoms with Crippen molar-refractivity contribution < 1.29 is 0 Å². The van der Waals surface area contributed by atoms with Gasteiger partial charge in [-0.05, 0) is 77.6 Å².